The van der Waals surface area contributed by atoms with Gasteiger partial charge in [-0.1, -0.05) is 12.1 Å². The summed E-state index contributed by atoms with van der Waals surface area (Å²) in [6.45, 7) is 3.01. The second kappa shape index (κ2) is 5.50. The van der Waals surface area contributed by atoms with Crippen LogP contribution in [-0.4, -0.2) is 21.5 Å². The second-order valence-electron chi connectivity index (χ2n) is 3.87. The van der Waals surface area contributed by atoms with Crippen LogP contribution in [0.1, 0.15) is 18.6 Å². The number of aliphatic hydroxyl groups is 1. The monoisotopic (exact) mass is 232 g/mol. The molecule has 0 aliphatic carbocycles. The maximum absolute atomic E-state index is 9.45. The van der Waals surface area contributed by atoms with Crippen LogP contribution in [0.2, 0.25) is 0 Å². The summed E-state index contributed by atoms with van der Waals surface area (Å²) >= 11 is 0. The van der Waals surface area contributed by atoms with Crippen molar-refractivity contribution in [2.45, 2.75) is 19.6 Å². The highest BCUT2D eigenvalue weighted by Gasteiger charge is 2.02. The molecule has 17 heavy (non-hydrogen) atoms. The first-order chi connectivity index (χ1) is 8.25. The van der Waals surface area contributed by atoms with E-state index in [-0.39, 0.29) is 0 Å². The van der Waals surface area contributed by atoms with Gasteiger partial charge in [-0.3, -0.25) is 4.68 Å². The lowest BCUT2D eigenvalue weighted by Gasteiger charge is -2.09. The molecule has 4 nitrogen and oxygen atoms in total. The molecule has 0 bridgehead atoms. The van der Waals surface area contributed by atoms with Crippen molar-refractivity contribution < 1.29 is 9.84 Å². The molecule has 90 valence electrons. The molecule has 0 aliphatic rings. The highest BCUT2D eigenvalue weighted by molar-refractivity contribution is 5.29. The van der Waals surface area contributed by atoms with E-state index in [2.05, 4.69) is 5.10 Å². The molecule has 4 heteroatoms. The highest BCUT2D eigenvalue weighted by atomic mass is 16.5. The molecule has 0 spiro atoms. The molecule has 0 aliphatic heterocycles. The lowest BCUT2D eigenvalue weighted by atomic mass is 10.1. The molecule has 1 atom stereocenters. The van der Waals surface area contributed by atoms with Crippen LogP contribution in [0.5, 0.6) is 5.75 Å². The van der Waals surface area contributed by atoms with Gasteiger partial charge in [-0.2, -0.15) is 5.10 Å². The maximum atomic E-state index is 9.45. The first-order valence-electron chi connectivity index (χ1n) is 5.64. The zero-order valence-electron chi connectivity index (χ0n) is 9.78. The third kappa shape index (κ3) is 3.32. The molecule has 0 fully saturated rings. The summed E-state index contributed by atoms with van der Waals surface area (Å²) in [7, 11) is 0. The molecule has 0 saturated carbocycles. The Morgan fingerprint density at radius 1 is 1.41 bits per heavy atom. The number of benzene rings is 1. The molecule has 1 N–H and O–H groups in total. The van der Waals surface area contributed by atoms with Crippen LogP contribution in [0.15, 0.2) is 42.7 Å². The van der Waals surface area contributed by atoms with E-state index in [0.717, 1.165) is 11.3 Å². The molecule has 0 saturated heterocycles. The van der Waals surface area contributed by atoms with E-state index in [1.165, 1.54) is 0 Å². The molecule has 1 aromatic carbocycles. The Bertz CT molecular complexity index is 452. The Hall–Kier alpha value is -1.81. The Morgan fingerprint density at radius 2 is 2.29 bits per heavy atom. The zero-order valence-corrected chi connectivity index (χ0v) is 9.78. The van der Waals surface area contributed by atoms with Crippen molar-refractivity contribution in [3.05, 3.63) is 48.3 Å². The average molecular weight is 232 g/mol. The van der Waals surface area contributed by atoms with Gasteiger partial charge in [-0.25, -0.2) is 0 Å². The van der Waals surface area contributed by atoms with Gasteiger partial charge in [0, 0.05) is 12.4 Å². The maximum Gasteiger partial charge on any atom is 0.119 e. The molecule has 0 amide bonds. The van der Waals surface area contributed by atoms with Crippen LogP contribution < -0.4 is 4.74 Å². The average Bonchev–Trinajstić information content (AvgIpc) is 2.82. The summed E-state index contributed by atoms with van der Waals surface area (Å²) in [6, 6.07) is 9.38. The van der Waals surface area contributed by atoms with E-state index < -0.39 is 6.10 Å². The van der Waals surface area contributed by atoms with Crippen LogP contribution in [0.3, 0.4) is 0 Å². The Kier molecular flexibility index (Phi) is 3.77. The molecule has 0 radical (unpaired) electrons. The minimum absolute atomic E-state index is 0.468. The topological polar surface area (TPSA) is 47.3 Å². The number of ether oxygens (including phenoxy) is 1. The van der Waals surface area contributed by atoms with Gasteiger partial charge in [0.05, 0.1) is 12.6 Å². The second-order valence-corrected chi connectivity index (χ2v) is 3.87. The minimum Gasteiger partial charge on any atom is -0.492 e. The number of hydrogen-bond acceptors (Lipinski definition) is 3. The number of aliphatic hydroxyl groups excluding tert-OH is 1. The van der Waals surface area contributed by atoms with Crippen LogP contribution in [0, 0.1) is 0 Å². The van der Waals surface area contributed by atoms with E-state index in [1.54, 1.807) is 13.1 Å². The highest BCUT2D eigenvalue weighted by Crippen LogP contribution is 2.18. The van der Waals surface area contributed by atoms with Crippen molar-refractivity contribution in [3.8, 4) is 5.75 Å². The summed E-state index contributed by atoms with van der Waals surface area (Å²) < 4.78 is 7.42. The molecule has 1 heterocycles. The van der Waals surface area contributed by atoms with Gasteiger partial charge in [0.2, 0.25) is 0 Å². The number of hydrogen-bond donors (Lipinski definition) is 1. The fraction of sp³-hybridized carbons (Fsp3) is 0.308. The molecular formula is C13H16N2O2. The predicted octanol–water partition coefficient (Wildman–Crippen LogP) is 2.02. The third-order valence-corrected chi connectivity index (χ3v) is 2.49. The van der Waals surface area contributed by atoms with Gasteiger partial charge < -0.3 is 9.84 Å². The smallest absolute Gasteiger partial charge is 0.119 e. The van der Waals surface area contributed by atoms with Crippen LogP contribution in [0.25, 0.3) is 0 Å². The van der Waals surface area contributed by atoms with Gasteiger partial charge in [0.1, 0.15) is 12.4 Å². The third-order valence-electron chi connectivity index (χ3n) is 2.49. The summed E-state index contributed by atoms with van der Waals surface area (Å²) in [4.78, 5) is 0. The molecule has 2 aromatic rings. The van der Waals surface area contributed by atoms with Crippen molar-refractivity contribution >= 4 is 0 Å². The molecule has 2 rings (SSSR count). The van der Waals surface area contributed by atoms with Crippen molar-refractivity contribution in [2.75, 3.05) is 6.61 Å². The standard InChI is InChI=1S/C13H16N2O2/c1-11(16)12-4-2-5-13(10-12)17-9-8-15-7-3-6-14-15/h2-7,10-11,16H,8-9H2,1H3/t11-/m0/s1. The van der Waals surface area contributed by atoms with Crippen molar-refractivity contribution in [1.29, 1.82) is 0 Å². The molecule has 0 unspecified atom stereocenters. The van der Waals surface area contributed by atoms with Crippen molar-refractivity contribution in [3.63, 3.8) is 0 Å². The Morgan fingerprint density at radius 3 is 3.00 bits per heavy atom. The first-order valence-corrected chi connectivity index (χ1v) is 5.64. The molecular weight excluding hydrogens is 216 g/mol. The Labute approximate surface area is 100 Å². The van der Waals surface area contributed by atoms with E-state index in [9.17, 15) is 5.11 Å². The van der Waals surface area contributed by atoms with Crippen molar-refractivity contribution in [1.82, 2.24) is 9.78 Å². The largest absolute Gasteiger partial charge is 0.492 e. The van der Waals surface area contributed by atoms with Crippen molar-refractivity contribution in [2.24, 2.45) is 0 Å². The minimum atomic E-state index is -0.468. The van der Waals surface area contributed by atoms with E-state index in [4.69, 9.17) is 4.74 Å². The fourth-order valence-corrected chi connectivity index (χ4v) is 1.55. The van der Waals surface area contributed by atoms with Gasteiger partial charge in [0.15, 0.2) is 0 Å². The zero-order chi connectivity index (χ0) is 12.1. The van der Waals surface area contributed by atoms with Crippen LogP contribution >= 0.6 is 0 Å². The molecule has 1 aromatic heterocycles. The summed E-state index contributed by atoms with van der Waals surface area (Å²) in [6.07, 6.45) is 3.17. The van der Waals surface area contributed by atoms with Gasteiger partial charge >= 0.3 is 0 Å². The summed E-state index contributed by atoms with van der Waals surface area (Å²) in [5, 5.41) is 13.5. The lowest BCUT2D eigenvalue weighted by Crippen LogP contribution is -2.08. The van der Waals surface area contributed by atoms with E-state index in [1.807, 2.05) is 41.2 Å². The normalized spacial score (nSPS) is 12.4. The SMILES string of the molecule is C[C@H](O)c1cccc(OCCn2cccn2)c1. The first kappa shape index (κ1) is 11.7. The van der Waals surface area contributed by atoms with Gasteiger partial charge in [-0.15, -0.1) is 0 Å². The summed E-state index contributed by atoms with van der Waals surface area (Å²) in [5.41, 5.74) is 0.863. The number of nitrogens with zero attached hydrogens (tertiary/aromatic N) is 2. The number of aromatic nitrogens is 2. The summed E-state index contributed by atoms with van der Waals surface area (Å²) in [5.74, 6) is 0.774. The fourth-order valence-electron chi connectivity index (χ4n) is 1.55. The predicted molar refractivity (Wildman–Crippen MR) is 64.8 cm³/mol. The number of rotatable bonds is 5. The van der Waals surface area contributed by atoms with Gasteiger partial charge in [0.25, 0.3) is 0 Å². The van der Waals surface area contributed by atoms with E-state index in [0.29, 0.717) is 13.2 Å². The lowest BCUT2D eigenvalue weighted by molar-refractivity contribution is 0.198. The van der Waals surface area contributed by atoms with Crippen LogP contribution in [0.4, 0.5) is 0 Å². The Balaban J connectivity index is 1.88. The van der Waals surface area contributed by atoms with Crippen LogP contribution in [-0.2, 0) is 6.54 Å². The quantitative estimate of drug-likeness (QED) is 0.857. The van der Waals surface area contributed by atoms with E-state index >= 15 is 0 Å². The van der Waals surface area contributed by atoms with Gasteiger partial charge in [-0.05, 0) is 30.7 Å².